The number of fused-ring (bicyclic) bond motifs is 1. The molecule has 0 bridgehead atoms. The Kier molecular flexibility index (Phi) is 6.08. The third-order valence-corrected chi connectivity index (χ3v) is 9.06. The fraction of sp³-hybridized carbons (Fsp3) is 0.367. The van der Waals surface area contributed by atoms with Gasteiger partial charge in [0.1, 0.15) is 17.5 Å². The summed E-state index contributed by atoms with van der Waals surface area (Å²) in [4.78, 5) is 13.8. The van der Waals surface area contributed by atoms with E-state index in [4.69, 9.17) is 32.6 Å². The summed E-state index contributed by atoms with van der Waals surface area (Å²) >= 11 is 6.93. The van der Waals surface area contributed by atoms with E-state index < -0.39 is 0 Å². The normalized spacial score (nSPS) is 19.3. The summed E-state index contributed by atoms with van der Waals surface area (Å²) < 4.78 is 8.05. The van der Waals surface area contributed by atoms with Crippen molar-refractivity contribution in [2.24, 2.45) is 5.41 Å². The van der Waals surface area contributed by atoms with Crippen molar-refractivity contribution in [1.29, 1.82) is 5.41 Å². The number of aliphatic hydroxyl groups is 1. The maximum atomic E-state index is 12.0. The molecule has 6 rings (SSSR count). The van der Waals surface area contributed by atoms with Crippen molar-refractivity contribution < 1.29 is 14.6 Å². The summed E-state index contributed by atoms with van der Waals surface area (Å²) in [5.41, 5.74) is 13.6. The molecule has 1 atom stereocenters. The number of benzene rings is 2. The second kappa shape index (κ2) is 9.24. The Balaban J connectivity index is 1.45. The highest BCUT2D eigenvalue weighted by atomic mass is 35.5. The molecule has 2 fully saturated rings. The van der Waals surface area contributed by atoms with Gasteiger partial charge in [-0.3, -0.25) is 9.48 Å². The quantitative estimate of drug-likeness (QED) is 0.235. The summed E-state index contributed by atoms with van der Waals surface area (Å²) in [5, 5.41) is 23.5. The van der Waals surface area contributed by atoms with Crippen molar-refractivity contribution in [3.8, 4) is 28.1 Å². The number of nitrogens with zero attached hydrogens (tertiary/aromatic N) is 3. The lowest BCUT2D eigenvalue weighted by Gasteiger charge is -2.58. The number of rotatable bonds is 6. The number of amides is 1. The molecular formula is C30H32ClN5O3. The third kappa shape index (κ3) is 3.96. The van der Waals surface area contributed by atoms with Crippen molar-refractivity contribution in [2.45, 2.75) is 45.3 Å². The van der Waals surface area contributed by atoms with Crippen LogP contribution in [0.1, 0.15) is 41.3 Å². The van der Waals surface area contributed by atoms with Gasteiger partial charge in [-0.25, -0.2) is 0 Å². The van der Waals surface area contributed by atoms with E-state index in [-0.39, 0.29) is 30.1 Å². The molecule has 3 aliphatic rings. The largest absolute Gasteiger partial charge is 0.487 e. The van der Waals surface area contributed by atoms with E-state index in [0.29, 0.717) is 28.3 Å². The van der Waals surface area contributed by atoms with Gasteiger partial charge < -0.3 is 25.9 Å². The number of nitrogen functional groups attached to an aromatic ring is 1. The summed E-state index contributed by atoms with van der Waals surface area (Å²) in [6, 6.07) is 8.02. The van der Waals surface area contributed by atoms with E-state index in [9.17, 15) is 9.90 Å². The Labute approximate surface area is 232 Å². The summed E-state index contributed by atoms with van der Waals surface area (Å²) in [6.07, 6.45) is 4.92. The lowest BCUT2D eigenvalue weighted by Crippen LogP contribution is -2.63. The molecule has 1 saturated heterocycles. The first-order valence-electron chi connectivity index (χ1n) is 13.2. The number of hydrogen-bond donors (Lipinski definition) is 3. The zero-order chi connectivity index (χ0) is 27.6. The van der Waals surface area contributed by atoms with Crippen LogP contribution in [0.15, 0.2) is 36.9 Å². The van der Waals surface area contributed by atoms with Crippen LogP contribution in [0, 0.1) is 24.7 Å². The van der Waals surface area contributed by atoms with Crippen LogP contribution >= 0.6 is 11.6 Å². The molecule has 1 aromatic heterocycles. The highest BCUT2D eigenvalue weighted by molar-refractivity contribution is 6.35. The third-order valence-electron chi connectivity index (χ3n) is 8.57. The maximum Gasteiger partial charge on any atom is 0.245 e. The van der Waals surface area contributed by atoms with Gasteiger partial charge in [0.2, 0.25) is 5.91 Å². The zero-order valence-electron chi connectivity index (χ0n) is 22.1. The molecule has 1 unspecified atom stereocenters. The minimum absolute atomic E-state index is 0.0166. The predicted molar refractivity (Wildman–Crippen MR) is 153 cm³/mol. The topological polar surface area (TPSA) is 117 Å². The molecular weight excluding hydrogens is 514 g/mol. The monoisotopic (exact) mass is 545 g/mol. The van der Waals surface area contributed by atoms with Crippen LogP contribution in [0.4, 0.5) is 5.69 Å². The molecule has 2 aliphatic heterocycles. The smallest absolute Gasteiger partial charge is 0.245 e. The van der Waals surface area contributed by atoms with Gasteiger partial charge in [0.05, 0.1) is 17.7 Å². The van der Waals surface area contributed by atoms with Gasteiger partial charge >= 0.3 is 0 Å². The molecule has 4 N–H and O–H groups in total. The van der Waals surface area contributed by atoms with E-state index in [1.165, 1.54) is 12.3 Å². The van der Waals surface area contributed by atoms with Crippen molar-refractivity contribution in [2.75, 3.05) is 25.4 Å². The van der Waals surface area contributed by atoms with Crippen LogP contribution in [-0.2, 0) is 11.2 Å². The number of hydrogen-bond acceptors (Lipinski definition) is 6. The van der Waals surface area contributed by atoms with E-state index in [1.807, 2.05) is 36.9 Å². The van der Waals surface area contributed by atoms with Gasteiger partial charge in [0, 0.05) is 64.8 Å². The molecule has 0 radical (unpaired) electrons. The number of aliphatic hydroxyl groups excluding tert-OH is 1. The fourth-order valence-electron chi connectivity index (χ4n) is 6.58. The van der Waals surface area contributed by atoms with Gasteiger partial charge in [0.15, 0.2) is 0 Å². The van der Waals surface area contributed by atoms with Crippen molar-refractivity contribution >= 4 is 29.4 Å². The summed E-state index contributed by atoms with van der Waals surface area (Å²) in [5.74, 6) is 0.730. The molecule has 202 valence electrons. The molecule has 3 heterocycles. The Morgan fingerprint density at radius 3 is 2.72 bits per heavy atom. The van der Waals surface area contributed by atoms with Gasteiger partial charge in [0.25, 0.3) is 0 Å². The Bertz CT molecular complexity index is 1530. The molecule has 1 aliphatic carbocycles. The first-order valence-corrected chi connectivity index (χ1v) is 13.6. The summed E-state index contributed by atoms with van der Waals surface area (Å²) in [7, 11) is 0. The number of likely N-dealkylation sites (tertiary alicyclic amines) is 1. The van der Waals surface area contributed by atoms with Gasteiger partial charge in [-0.05, 0) is 56.0 Å². The van der Waals surface area contributed by atoms with Crippen LogP contribution < -0.4 is 10.5 Å². The highest BCUT2D eigenvalue weighted by Gasteiger charge is 2.54. The standard InChI is InChI=1S/C30H32ClN5O3/c1-4-25(38)35-14-30(15-35)10-20(11-30)36-17(3)26(27-22(12-32)23(33)7-16(2)28(27)31)29(34-36)19-6-5-18-8-21(13-37)39-24(18)9-19/h4-7,9,12,20-21,32,37H,1,8,10-11,13-15,33H2,2-3H3. The van der Waals surface area contributed by atoms with E-state index in [2.05, 4.69) is 11.3 Å². The first-order chi connectivity index (χ1) is 18.7. The average molecular weight is 546 g/mol. The number of aromatic nitrogens is 2. The summed E-state index contributed by atoms with van der Waals surface area (Å²) in [6.45, 7) is 9.02. The number of aryl methyl sites for hydroxylation is 1. The highest BCUT2D eigenvalue weighted by Crippen LogP contribution is 2.55. The lowest BCUT2D eigenvalue weighted by atomic mass is 9.60. The number of nitrogens with two attached hydrogens (primary N) is 1. The van der Waals surface area contributed by atoms with Crippen LogP contribution in [0.5, 0.6) is 5.75 Å². The van der Waals surface area contributed by atoms with E-state index >= 15 is 0 Å². The molecule has 1 amide bonds. The fourth-order valence-corrected chi connectivity index (χ4v) is 6.83. The molecule has 39 heavy (non-hydrogen) atoms. The molecule has 2 aromatic carbocycles. The number of ether oxygens (including phenoxy) is 1. The van der Waals surface area contributed by atoms with E-state index in [0.717, 1.165) is 65.3 Å². The molecule has 3 aromatic rings. The molecule has 1 saturated carbocycles. The maximum absolute atomic E-state index is 12.0. The van der Waals surface area contributed by atoms with Crippen molar-refractivity contribution in [1.82, 2.24) is 14.7 Å². The minimum atomic E-state index is -0.245. The molecule has 8 nitrogen and oxygen atoms in total. The number of nitrogens with one attached hydrogen (secondary N) is 1. The first kappa shape index (κ1) is 25.6. The second-order valence-electron chi connectivity index (χ2n) is 11.2. The van der Waals surface area contributed by atoms with Crippen LogP contribution in [-0.4, -0.2) is 57.7 Å². The van der Waals surface area contributed by atoms with Crippen LogP contribution in [0.3, 0.4) is 0 Å². The van der Waals surface area contributed by atoms with Gasteiger partial charge in [-0.1, -0.05) is 30.3 Å². The molecule has 1 spiro atoms. The van der Waals surface area contributed by atoms with Crippen LogP contribution in [0.2, 0.25) is 5.02 Å². The zero-order valence-corrected chi connectivity index (χ0v) is 22.9. The van der Waals surface area contributed by atoms with E-state index in [1.54, 1.807) is 6.07 Å². The van der Waals surface area contributed by atoms with Gasteiger partial charge in [-0.2, -0.15) is 5.10 Å². The molecule has 9 heteroatoms. The van der Waals surface area contributed by atoms with Crippen molar-refractivity contribution in [3.63, 3.8) is 0 Å². The minimum Gasteiger partial charge on any atom is -0.487 e. The number of carbonyl (C=O) groups excluding carboxylic acids is 1. The Morgan fingerprint density at radius 2 is 2.05 bits per heavy atom. The van der Waals surface area contributed by atoms with Crippen LogP contribution in [0.25, 0.3) is 22.4 Å². The number of carbonyl (C=O) groups is 1. The lowest BCUT2D eigenvalue weighted by molar-refractivity contribution is -0.149. The SMILES string of the molecule is C=CC(=O)N1CC2(CC(n3nc(-c4ccc5c(c4)OC(CO)C5)c(-c4c(Cl)c(C)cc(N)c4C=N)c3C)C2)C1. The second-order valence-corrected chi connectivity index (χ2v) is 11.6. The number of halogens is 1. The Morgan fingerprint density at radius 1 is 1.31 bits per heavy atom. The number of anilines is 1. The van der Waals surface area contributed by atoms with Gasteiger partial charge in [-0.15, -0.1) is 0 Å². The Hall–Kier alpha value is -3.62. The predicted octanol–water partition coefficient (Wildman–Crippen LogP) is 4.71. The average Bonchev–Trinajstić information content (AvgIpc) is 3.44. The van der Waals surface area contributed by atoms with Crippen molar-refractivity contribution in [3.05, 3.63) is 64.3 Å².